The molecule has 1 N–H and O–H groups in total. The molecule has 0 aliphatic carbocycles. The number of rotatable bonds is 6. The summed E-state index contributed by atoms with van der Waals surface area (Å²) in [4.78, 5) is 8.86. The summed E-state index contributed by atoms with van der Waals surface area (Å²) in [6.07, 6.45) is 1.69. The molecule has 1 aromatic heterocycles. The lowest BCUT2D eigenvalue weighted by Crippen LogP contribution is -1.99. The maximum atomic E-state index is 9.09. The highest BCUT2D eigenvalue weighted by Crippen LogP contribution is 2.23. The average molecular weight is 378 g/mol. The van der Waals surface area contributed by atoms with E-state index in [1.165, 1.54) is 0 Å². The third-order valence-electron chi connectivity index (χ3n) is 4.28. The van der Waals surface area contributed by atoms with Crippen LogP contribution in [-0.4, -0.2) is 9.97 Å². The third-order valence-corrected chi connectivity index (χ3v) is 4.28. The van der Waals surface area contributed by atoms with Gasteiger partial charge < -0.3 is 10.1 Å². The smallest absolute Gasteiger partial charge is 0.227 e. The first-order chi connectivity index (χ1) is 14.3. The standard InChI is InChI=1S/C24H18N4O/c25-16-19-8-4-9-20(14-19)23-12-13-26-24(28-23)27-21-10-5-11-22(15-21)29-17-18-6-2-1-3-7-18/h1-15H,17H2,(H,26,27,28). The number of ether oxygens (including phenoxy) is 1. The van der Waals surface area contributed by atoms with Gasteiger partial charge in [-0.15, -0.1) is 0 Å². The van der Waals surface area contributed by atoms with Crippen LogP contribution in [0.1, 0.15) is 11.1 Å². The van der Waals surface area contributed by atoms with E-state index in [1.807, 2.05) is 78.9 Å². The van der Waals surface area contributed by atoms with Gasteiger partial charge in [0.25, 0.3) is 0 Å². The summed E-state index contributed by atoms with van der Waals surface area (Å²) >= 11 is 0. The zero-order chi connectivity index (χ0) is 19.9. The minimum atomic E-state index is 0.477. The Kier molecular flexibility index (Phi) is 5.45. The van der Waals surface area contributed by atoms with Gasteiger partial charge in [-0.05, 0) is 35.9 Å². The molecule has 0 bridgehead atoms. The van der Waals surface area contributed by atoms with Crippen LogP contribution in [0.5, 0.6) is 5.75 Å². The Labute approximate surface area is 169 Å². The quantitative estimate of drug-likeness (QED) is 0.490. The molecule has 0 fully saturated rings. The van der Waals surface area contributed by atoms with Crippen molar-refractivity contribution in [3.8, 4) is 23.1 Å². The fourth-order valence-corrected chi connectivity index (χ4v) is 2.86. The summed E-state index contributed by atoms with van der Waals surface area (Å²) in [6.45, 7) is 0.505. The van der Waals surface area contributed by atoms with Gasteiger partial charge in [-0.25, -0.2) is 9.97 Å². The van der Waals surface area contributed by atoms with Gasteiger partial charge in [-0.2, -0.15) is 5.26 Å². The Hall–Kier alpha value is -4.17. The maximum Gasteiger partial charge on any atom is 0.227 e. The first-order valence-corrected chi connectivity index (χ1v) is 9.17. The minimum Gasteiger partial charge on any atom is -0.489 e. The normalized spacial score (nSPS) is 10.2. The van der Waals surface area contributed by atoms with Gasteiger partial charge in [0.15, 0.2) is 0 Å². The largest absolute Gasteiger partial charge is 0.489 e. The van der Waals surface area contributed by atoms with E-state index in [1.54, 1.807) is 12.3 Å². The third kappa shape index (κ3) is 4.76. The summed E-state index contributed by atoms with van der Waals surface area (Å²) in [5, 5.41) is 12.3. The zero-order valence-electron chi connectivity index (χ0n) is 15.6. The molecular formula is C24H18N4O. The Balaban J connectivity index is 1.49. The Morgan fingerprint density at radius 2 is 1.76 bits per heavy atom. The van der Waals surface area contributed by atoms with E-state index >= 15 is 0 Å². The van der Waals surface area contributed by atoms with Crippen molar-refractivity contribution < 1.29 is 4.74 Å². The molecule has 0 aliphatic rings. The van der Waals surface area contributed by atoms with Crippen molar-refractivity contribution in [3.63, 3.8) is 0 Å². The van der Waals surface area contributed by atoms with Crippen LogP contribution < -0.4 is 10.1 Å². The molecule has 4 rings (SSSR count). The predicted molar refractivity (Wildman–Crippen MR) is 113 cm³/mol. The molecule has 0 saturated heterocycles. The lowest BCUT2D eigenvalue weighted by atomic mass is 10.1. The number of hydrogen-bond acceptors (Lipinski definition) is 5. The highest BCUT2D eigenvalue weighted by molar-refractivity contribution is 5.64. The lowest BCUT2D eigenvalue weighted by molar-refractivity contribution is 0.306. The Morgan fingerprint density at radius 1 is 0.897 bits per heavy atom. The fourth-order valence-electron chi connectivity index (χ4n) is 2.86. The summed E-state index contributed by atoms with van der Waals surface area (Å²) in [5.41, 5.74) is 4.16. The molecule has 4 aromatic rings. The molecule has 0 radical (unpaired) electrons. The minimum absolute atomic E-state index is 0.477. The Morgan fingerprint density at radius 3 is 2.62 bits per heavy atom. The van der Waals surface area contributed by atoms with Crippen LogP contribution in [0, 0.1) is 11.3 Å². The second kappa shape index (κ2) is 8.68. The molecule has 3 aromatic carbocycles. The van der Waals surface area contributed by atoms with Crippen LogP contribution in [0.15, 0.2) is 91.1 Å². The van der Waals surface area contributed by atoms with Crippen molar-refractivity contribution in [2.45, 2.75) is 6.61 Å². The summed E-state index contributed by atoms with van der Waals surface area (Å²) in [5.74, 6) is 1.24. The van der Waals surface area contributed by atoms with Gasteiger partial charge in [-0.1, -0.05) is 48.5 Å². The molecule has 0 amide bonds. The molecule has 140 valence electrons. The highest BCUT2D eigenvalue weighted by atomic mass is 16.5. The second-order valence-electron chi connectivity index (χ2n) is 6.39. The van der Waals surface area contributed by atoms with E-state index < -0.39 is 0 Å². The molecule has 29 heavy (non-hydrogen) atoms. The van der Waals surface area contributed by atoms with E-state index in [-0.39, 0.29) is 0 Å². The maximum absolute atomic E-state index is 9.09. The first kappa shape index (κ1) is 18.2. The molecule has 5 heteroatoms. The molecule has 1 heterocycles. The monoisotopic (exact) mass is 378 g/mol. The summed E-state index contributed by atoms with van der Waals surface area (Å²) in [6, 6.07) is 29.0. The highest BCUT2D eigenvalue weighted by Gasteiger charge is 2.05. The Bertz CT molecular complexity index is 1150. The molecule has 5 nitrogen and oxygen atoms in total. The number of nitrogens with one attached hydrogen (secondary N) is 1. The van der Waals surface area contributed by atoms with Crippen LogP contribution in [-0.2, 0) is 6.61 Å². The number of nitrogens with zero attached hydrogens (tertiary/aromatic N) is 3. The van der Waals surface area contributed by atoms with Gasteiger partial charge in [-0.3, -0.25) is 0 Å². The topological polar surface area (TPSA) is 70.8 Å². The summed E-state index contributed by atoms with van der Waals surface area (Å²) in [7, 11) is 0. The van der Waals surface area contributed by atoms with Crippen molar-refractivity contribution in [2.24, 2.45) is 0 Å². The van der Waals surface area contributed by atoms with Gasteiger partial charge in [0.1, 0.15) is 12.4 Å². The first-order valence-electron chi connectivity index (χ1n) is 9.17. The molecule has 0 spiro atoms. The van der Waals surface area contributed by atoms with Crippen LogP contribution >= 0.6 is 0 Å². The summed E-state index contributed by atoms with van der Waals surface area (Å²) < 4.78 is 5.88. The number of nitriles is 1. The second-order valence-corrected chi connectivity index (χ2v) is 6.39. The van der Waals surface area contributed by atoms with Crippen molar-refractivity contribution in [1.29, 1.82) is 5.26 Å². The SMILES string of the molecule is N#Cc1cccc(-c2ccnc(Nc3cccc(OCc4ccccc4)c3)n2)c1. The fraction of sp³-hybridized carbons (Fsp3) is 0.0417. The molecule has 0 atom stereocenters. The number of hydrogen-bond donors (Lipinski definition) is 1. The number of benzene rings is 3. The van der Waals surface area contributed by atoms with Gasteiger partial charge in [0.2, 0.25) is 5.95 Å². The van der Waals surface area contributed by atoms with E-state index in [0.717, 1.165) is 28.3 Å². The van der Waals surface area contributed by atoms with E-state index in [4.69, 9.17) is 10.00 Å². The van der Waals surface area contributed by atoms with Crippen LogP contribution in [0.2, 0.25) is 0 Å². The van der Waals surface area contributed by atoms with Gasteiger partial charge >= 0.3 is 0 Å². The van der Waals surface area contributed by atoms with E-state index in [9.17, 15) is 0 Å². The van der Waals surface area contributed by atoms with Crippen molar-refractivity contribution in [1.82, 2.24) is 9.97 Å². The molecule has 0 saturated carbocycles. The van der Waals surface area contributed by atoms with Gasteiger partial charge in [0.05, 0.1) is 17.3 Å². The van der Waals surface area contributed by atoms with E-state index in [2.05, 4.69) is 21.4 Å². The van der Waals surface area contributed by atoms with Crippen molar-refractivity contribution in [3.05, 3.63) is 102 Å². The average Bonchev–Trinajstić information content (AvgIpc) is 2.79. The molecular weight excluding hydrogens is 360 g/mol. The zero-order valence-corrected chi connectivity index (χ0v) is 15.6. The number of aromatic nitrogens is 2. The van der Waals surface area contributed by atoms with Crippen LogP contribution in [0.25, 0.3) is 11.3 Å². The predicted octanol–water partition coefficient (Wildman–Crippen LogP) is 5.34. The van der Waals surface area contributed by atoms with Gasteiger partial charge in [0, 0.05) is 23.5 Å². The van der Waals surface area contributed by atoms with Crippen molar-refractivity contribution >= 4 is 11.6 Å². The van der Waals surface area contributed by atoms with E-state index in [0.29, 0.717) is 18.1 Å². The number of anilines is 2. The molecule has 0 aliphatic heterocycles. The van der Waals surface area contributed by atoms with Crippen LogP contribution in [0.3, 0.4) is 0 Å². The lowest BCUT2D eigenvalue weighted by Gasteiger charge is -2.10. The van der Waals surface area contributed by atoms with Crippen molar-refractivity contribution in [2.75, 3.05) is 5.32 Å². The molecule has 0 unspecified atom stereocenters. The van der Waals surface area contributed by atoms with Crippen LogP contribution in [0.4, 0.5) is 11.6 Å².